The molecule has 6 atom stereocenters. The van der Waals surface area contributed by atoms with Crippen LogP contribution in [-0.2, 0) is 18.6 Å². The Bertz CT molecular complexity index is 499. The zero-order valence-corrected chi connectivity index (χ0v) is 19.1. The minimum Gasteiger partial charge on any atom is -0.416 e. The Morgan fingerprint density at radius 2 is 1.96 bits per heavy atom. The van der Waals surface area contributed by atoms with Gasteiger partial charge in [0.05, 0.1) is 12.2 Å². The number of hydrogen-bond acceptors (Lipinski definition) is 5. The van der Waals surface area contributed by atoms with Gasteiger partial charge in [0.2, 0.25) is 0 Å². The first-order valence-electron chi connectivity index (χ1n) is 10.9. The van der Waals surface area contributed by atoms with Crippen molar-refractivity contribution in [1.29, 1.82) is 0 Å². The second-order valence-corrected chi connectivity index (χ2v) is 15.1. The fourth-order valence-electron chi connectivity index (χ4n) is 4.40. The van der Waals surface area contributed by atoms with Crippen molar-refractivity contribution >= 4 is 8.32 Å². The molecule has 2 heterocycles. The summed E-state index contributed by atoms with van der Waals surface area (Å²) in [5, 5.41) is 10.9. The first kappa shape index (κ1) is 21.7. The van der Waals surface area contributed by atoms with Gasteiger partial charge in [-0.25, -0.2) is 0 Å². The number of rotatable bonds is 6. The fourth-order valence-corrected chi connectivity index (χ4v) is 5.44. The lowest BCUT2D eigenvalue weighted by Gasteiger charge is -2.38. The predicted molar refractivity (Wildman–Crippen MR) is 108 cm³/mol. The molecule has 0 aromatic rings. The Labute approximate surface area is 166 Å². The molecule has 2 unspecified atom stereocenters. The van der Waals surface area contributed by atoms with Gasteiger partial charge in [0.1, 0.15) is 0 Å². The van der Waals surface area contributed by atoms with Crippen molar-refractivity contribution in [3.05, 3.63) is 0 Å². The normalized spacial score (nSPS) is 40.3. The van der Waals surface area contributed by atoms with Crippen molar-refractivity contribution in [1.82, 2.24) is 0 Å². The van der Waals surface area contributed by atoms with Crippen LogP contribution in [0.3, 0.4) is 0 Å². The molecule has 3 aliphatic rings. The summed E-state index contributed by atoms with van der Waals surface area (Å²) < 4.78 is 24.9. The van der Waals surface area contributed by atoms with E-state index in [4.69, 9.17) is 18.6 Å². The maximum Gasteiger partial charge on any atom is 0.191 e. The van der Waals surface area contributed by atoms with E-state index in [1.165, 1.54) is 6.42 Å². The van der Waals surface area contributed by atoms with Crippen molar-refractivity contribution in [2.45, 2.75) is 109 Å². The maximum absolute atomic E-state index is 10.7. The highest BCUT2D eigenvalue weighted by Gasteiger charge is 2.55. The fraction of sp³-hybridized carbons (Fsp3) is 1.00. The molecule has 2 aliphatic heterocycles. The van der Waals surface area contributed by atoms with Crippen LogP contribution >= 0.6 is 0 Å². The zero-order chi connectivity index (χ0) is 19.9. The van der Waals surface area contributed by atoms with Crippen LogP contribution in [0.2, 0.25) is 18.1 Å². The molecule has 0 amide bonds. The summed E-state index contributed by atoms with van der Waals surface area (Å²) in [5.74, 6) is -0.417. The molecule has 3 fully saturated rings. The third kappa shape index (κ3) is 4.78. The van der Waals surface area contributed by atoms with Crippen LogP contribution in [0.15, 0.2) is 0 Å². The lowest BCUT2D eigenvalue weighted by molar-refractivity contribution is -0.216. The standard InChI is InChI=1S/C21H40O5Si/c1-7-21(22)13-15-16(14-24-27(5,6)20(2,3)4)17(12-18(15)26-21)25-19-10-8-9-11-23-19/h15-19,22H,7-14H2,1-6H3/t15-,16-,17-,18+,19?,21?/m1/s1. The topological polar surface area (TPSA) is 57.2 Å². The first-order valence-corrected chi connectivity index (χ1v) is 13.8. The lowest BCUT2D eigenvalue weighted by atomic mass is 9.89. The first-order chi connectivity index (χ1) is 12.5. The Hall–Kier alpha value is 0.0169. The maximum atomic E-state index is 10.7. The third-order valence-corrected chi connectivity index (χ3v) is 11.9. The van der Waals surface area contributed by atoms with E-state index >= 15 is 0 Å². The van der Waals surface area contributed by atoms with Crippen LogP contribution in [0.5, 0.6) is 0 Å². The van der Waals surface area contributed by atoms with Crippen molar-refractivity contribution < 1.29 is 23.7 Å². The number of ether oxygens (including phenoxy) is 3. The molecule has 2 saturated heterocycles. The Morgan fingerprint density at radius 3 is 2.56 bits per heavy atom. The van der Waals surface area contributed by atoms with Gasteiger partial charge in [0.25, 0.3) is 0 Å². The van der Waals surface area contributed by atoms with Crippen LogP contribution in [0.25, 0.3) is 0 Å². The SMILES string of the molecule is CCC1(O)C[C@@H]2[C@@H](CO[Si](C)(C)C(C)(C)C)[C@H](OC3CCCCO3)C[C@@H]2O1. The molecule has 0 aromatic carbocycles. The quantitative estimate of drug-likeness (QED) is 0.668. The second-order valence-electron chi connectivity index (χ2n) is 10.3. The molecule has 6 heteroatoms. The molecule has 3 rings (SSSR count). The van der Waals surface area contributed by atoms with Gasteiger partial charge < -0.3 is 23.7 Å². The van der Waals surface area contributed by atoms with E-state index in [0.29, 0.717) is 25.4 Å². The van der Waals surface area contributed by atoms with E-state index in [1.807, 2.05) is 6.92 Å². The summed E-state index contributed by atoms with van der Waals surface area (Å²) in [4.78, 5) is 0. The molecule has 0 bridgehead atoms. The molecular weight excluding hydrogens is 360 g/mol. The van der Waals surface area contributed by atoms with Crippen LogP contribution in [0.4, 0.5) is 0 Å². The summed E-state index contributed by atoms with van der Waals surface area (Å²) in [6.45, 7) is 14.9. The van der Waals surface area contributed by atoms with Gasteiger partial charge in [-0.1, -0.05) is 27.7 Å². The highest BCUT2D eigenvalue weighted by Crippen LogP contribution is 2.50. The van der Waals surface area contributed by atoms with Gasteiger partial charge in [-0.3, -0.25) is 0 Å². The lowest BCUT2D eigenvalue weighted by Crippen LogP contribution is -2.44. The van der Waals surface area contributed by atoms with Crippen LogP contribution in [0.1, 0.15) is 66.2 Å². The Balaban J connectivity index is 1.69. The summed E-state index contributed by atoms with van der Waals surface area (Å²) in [6, 6.07) is 0. The highest BCUT2D eigenvalue weighted by molar-refractivity contribution is 6.74. The highest BCUT2D eigenvalue weighted by atomic mass is 28.4. The molecule has 1 N–H and O–H groups in total. The minimum absolute atomic E-state index is 0.0663. The van der Waals surface area contributed by atoms with E-state index in [1.54, 1.807) is 0 Å². The van der Waals surface area contributed by atoms with Crippen LogP contribution < -0.4 is 0 Å². The van der Waals surface area contributed by atoms with Crippen LogP contribution in [-0.4, -0.2) is 50.9 Å². The van der Waals surface area contributed by atoms with E-state index in [9.17, 15) is 5.11 Å². The van der Waals surface area contributed by atoms with Gasteiger partial charge in [-0.2, -0.15) is 0 Å². The molecular formula is C21H40O5Si. The van der Waals surface area contributed by atoms with Crippen molar-refractivity contribution in [2.24, 2.45) is 11.8 Å². The summed E-state index contributed by atoms with van der Waals surface area (Å²) >= 11 is 0. The van der Waals surface area contributed by atoms with E-state index in [-0.39, 0.29) is 29.5 Å². The largest absolute Gasteiger partial charge is 0.416 e. The molecule has 1 saturated carbocycles. The van der Waals surface area contributed by atoms with E-state index < -0.39 is 14.1 Å². The number of hydrogen-bond donors (Lipinski definition) is 1. The zero-order valence-electron chi connectivity index (χ0n) is 18.1. The molecule has 5 nitrogen and oxygen atoms in total. The molecule has 1 aliphatic carbocycles. The van der Waals surface area contributed by atoms with Gasteiger partial charge in [0.15, 0.2) is 20.4 Å². The number of fused-ring (bicyclic) bond motifs is 1. The molecule has 158 valence electrons. The van der Waals surface area contributed by atoms with E-state index in [0.717, 1.165) is 25.9 Å². The third-order valence-electron chi connectivity index (χ3n) is 7.35. The van der Waals surface area contributed by atoms with Crippen molar-refractivity contribution in [3.63, 3.8) is 0 Å². The summed E-state index contributed by atoms with van der Waals surface area (Å²) in [5.41, 5.74) is 0. The molecule has 27 heavy (non-hydrogen) atoms. The number of aliphatic hydroxyl groups is 1. The summed E-state index contributed by atoms with van der Waals surface area (Å²) in [7, 11) is -1.83. The van der Waals surface area contributed by atoms with Crippen molar-refractivity contribution in [3.8, 4) is 0 Å². The Morgan fingerprint density at radius 1 is 1.22 bits per heavy atom. The average Bonchev–Trinajstić information content (AvgIpc) is 3.06. The molecule has 0 spiro atoms. The van der Waals surface area contributed by atoms with Crippen molar-refractivity contribution in [2.75, 3.05) is 13.2 Å². The van der Waals surface area contributed by atoms with Gasteiger partial charge in [0, 0.05) is 32.0 Å². The Kier molecular flexibility index (Phi) is 6.46. The molecule has 0 aromatic heterocycles. The van der Waals surface area contributed by atoms with Gasteiger partial charge >= 0.3 is 0 Å². The average molecular weight is 401 g/mol. The minimum atomic E-state index is -1.83. The predicted octanol–water partition coefficient (Wildman–Crippen LogP) is 4.44. The molecule has 0 radical (unpaired) electrons. The monoisotopic (exact) mass is 400 g/mol. The smallest absolute Gasteiger partial charge is 0.191 e. The van der Waals surface area contributed by atoms with Crippen LogP contribution in [0, 0.1) is 11.8 Å². The summed E-state index contributed by atoms with van der Waals surface area (Å²) in [6.07, 6.45) is 5.48. The van der Waals surface area contributed by atoms with Gasteiger partial charge in [-0.05, 0) is 49.7 Å². The van der Waals surface area contributed by atoms with E-state index in [2.05, 4.69) is 33.9 Å². The second kappa shape index (κ2) is 8.03. The van der Waals surface area contributed by atoms with Gasteiger partial charge in [-0.15, -0.1) is 0 Å².